The molecule has 0 bridgehead atoms. The van der Waals surface area contributed by atoms with Gasteiger partial charge in [-0.2, -0.15) is 0 Å². The van der Waals surface area contributed by atoms with Crippen LogP contribution < -0.4 is 24.8 Å². The van der Waals surface area contributed by atoms with E-state index in [0.717, 1.165) is 32.0 Å². The van der Waals surface area contributed by atoms with Crippen LogP contribution in [0.2, 0.25) is 0 Å². The number of piperidine rings is 1. The van der Waals surface area contributed by atoms with E-state index in [1.807, 2.05) is 0 Å². The number of nitrogens with two attached hydrogens (primary N) is 1. The Hall–Kier alpha value is -4.62. The van der Waals surface area contributed by atoms with Gasteiger partial charge >= 0.3 is 7.60 Å². The Morgan fingerprint density at radius 2 is 1.60 bits per heavy atom. The molecule has 1 aromatic heterocycles. The van der Waals surface area contributed by atoms with E-state index in [1.54, 1.807) is 32.0 Å². The highest BCUT2D eigenvalue weighted by Gasteiger charge is 2.57. The van der Waals surface area contributed by atoms with Crippen LogP contribution in [-0.4, -0.2) is 68.0 Å². The molecule has 6 rings (SSSR count). The van der Waals surface area contributed by atoms with Crippen LogP contribution in [0, 0.1) is 23.0 Å². The summed E-state index contributed by atoms with van der Waals surface area (Å²) in [7, 11) is -1.64. The quantitative estimate of drug-likeness (QED) is 0.0900. The fourth-order valence-corrected chi connectivity index (χ4v) is 8.26. The number of benzene rings is 3. The van der Waals surface area contributed by atoms with Gasteiger partial charge < -0.3 is 29.0 Å². The number of aromatic nitrogens is 1. The van der Waals surface area contributed by atoms with Crippen molar-refractivity contribution < 1.29 is 46.2 Å². The summed E-state index contributed by atoms with van der Waals surface area (Å²) in [4.78, 5) is 33.6. The first-order valence-electron chi connectivity index (χ1n) is 17.6. The van der Waals surface area contributed by atoms with Gasteiger partial charge in [-0.15, -0.1) is 0 Å². The number of ether oxygens (including phenoxy) is 3. The summed E-state index contributed by atoms with van der Waals surface area (Å²) in [5, 5.41) is 0.546. The van der Waals surface area contributed by atoms with Gasteiger partial charge in [-0.25, -0.2) is 8.78 Å². The third kappa shape index (κ3) is 8.46. The lowest BCUT2D eigenvalue weighted by molar-refractivity contribution is -0.133. The predicted molar refractivity (Wildman–Crippen MR) is 195 cm³/mol. The number of hydrogen-bond donors (Lipinski definition) is 1. The van der Waals surface area contributed by atoms with E-state index in [-0.39, 0.29) is 42.2 Å². The summed E-state index contributed by atoms with van der Waals surface area (Å²) < 4.78 is 71.5. The number of likely N-dealkylation sites (tertiary alicyclic amines) is 1. The molecule has 0 unspecified atom stereocenters. The van der Waals surface area contributed by atoms with Crippen molar-refractivity contribution >= 4 is 41.7 Å². The minimum atomic E-state index is -3.18. The van der Waals surface area contributed by atoms with E-state index in [4.69, 9.17) is 29.0 Å². The van der Waals surface area contributed by atoms with Crippen LogP contribution in [0.15, 0.2) is 66.9 Å². The van der Waals surface area contributed by atoms with Crippen LogP contribution in [-0.2, 0) is 23.2 Å². The van der Waals surface area contributed by atoms with Gasteiger partial charge in [0, 0.05) is 29.4 Å². The van der Waals surface area contributed by atoms with Crippen molar-refractivity contribution in [2.75, 3.05) is 51.2 Å². The van der Waals surface area contributed by atoms with Crippen LogP contribution in [0.5, 0.6) is 23.0 Å². The van der Waals surface area contributed by atoms with Crippen molar-refractivity contribution in [3.63, 3.8) is 0 Å². The number of carbonyl (C=O) groups excluding carboxylic acids is 2. The molecule has 15 heteroatoms. The molecule has 4 aromatic rings. The lowest BCUT2D eigenvalue weighted by Crippen LogP contribution is -2.41. The first-order valence-corrected chi connectivity index (χ1v) is 19.3. The third-order valence-corrected chi connectivity index (χ3v) is 11.6. The van der Waals surface area contributed by atoms with Crippen molar-refractivity contribution in [1.82, 2.24) is 9.88 Å². The molecule has 282 valence electrons. The number of nitrogens with zero attached hydrogens (tertiary/aromatic N) is 3. The minimum absolute atomic E-state index is 0.113. The Kier molecular flexibility index (Phi) is 11.6. The molecule has 2 amide bonds. The number of anilines is 2. The van der Waals surface area contributed by atoms with Crippen LogP contribution in [0.1, 0.15) is 39.5 Å². The van der Waals surface area contributed by atoms with Gasteiger partial charge in [0.15, 0.2) is 23.1 Å². The van der Waals surface area contributed by atoms with Gasteiger partial charge in [-0.05, 0) is 107 Å². The van der Waals surface area contributed by atoms with Gasteiger partial charge in [-0.3, -0.25) is 28.9 Å². The molecule has 12 nitrogen and oxygen atoms in total. The van der Waals surface area contributed by atoms with Gasteiger partial charge in [-0.1, -0.05) is 0 Å². The Morgan fingerprint density at radius 1 is 0.925 bits per heavy atom. The number of carbonyl (C=O) groups is 2. The molecule has 3 aromatic carbocycles. The molecule has 53 heavy (non-hydrogen) atoms. The number of primary amides is 1. The summed E-state index contributed by atoms with van der Waals surface area (Å²) in [5.74, 6) is -1.36. The van der Waals surface area contributed by atoms with Crippen molar-refractivity contribution in [3.05, 3.63) is 78.5 Å². The van der Waals surface area contributed by atoms with E-state index in [9.17, 15) is 18.5 Å². The summed E-state index contributed by atoms with van der Waals surface area (Å²) >= 11 is 0. The van der Waals surface area contributed by atoms with Crippen molar-refractivity contribution in [2.24, 2.45) is 17.1 Å². The molecule has 2 fully saturated rings. The zero-order valence-corrected chi connectivity index (χ0v) is 30.8. The minimum Gasteiger partial charge on any atom is -0.493 e. The number of halogens is 2. The molecule has 0 atom stereocenters. The molecule has 2 aliphatic rings. The Labute approximate surface area is 306 Å². The fourth-order valence-electron chi connectivity index (χ4n) is 6.46. The average Bonchev–Trinajstić information content (AvgIpc) is 3.96. The molecule has 1 aliphatic heterocycles. The lowest BCUT2D eigenvalue weighted by Gasteiger charge is -2.33. The smallest absolute Gasteiger partial charge is 0.344 e. The number of hydrogen-bond acceptors (Lipinski definition) is 10. The first kappa shape index (κ1) is 38.1. The number of methoxy groups -OCH3 is 1. The van der Waals surface area contributed by atoms with E-state index in [1.165, 1.54) is 54.6 Å². The second-order valence-electron chi connectivity index (χ2n) is 13.1. The summed E-state index contributed by atoms with van der Waals surface area (Å²) in [5.41, 5.74) is 5.06. The maximum absolute atomic E-state index is 15.8. The molecule has 1 saturated heterocycles. The van der Waals surface area contributed by atoms with Crippen LogP contribution in [0.25, 0.3) is 10.9 Å². The van der Waals surface area contributed by atoms with Crippen molar-refractivity contribution in [3.8, 4) is 23.0 Å². The zero-order valence-electron chi connectivity index (χ0n) is 29.9. The van der Waals surface area contributed by atoms with Gasteiger partial charge in [0.1, 0.15) is 23.3 Å². The van der Waals surface area contributed by atoms with Crippen LogP contribution in [0.3, 0.4) is 0 Å². The standard InChI is InChI=1S/C38H43F2N4O8P/c1-4-50-53(47,51-5-2)24-43-18-13-25(14-19-43)23-49-35-21-29-31(22-34(35)48-3)42-17-12-32(29)52-33-11-10-28(20-30(33)40)44(27-8-6-26(39)7-9-27)37(46)38(15-16-38)36(41)45/h6-12,17,20-22,25H,4-5,13-16,18-19,23-24H2,1-3H3,(H2,41,45). The first-order chi connectivity index (χ1) is 25.5. The molecule has 1 aliphatic carbocycles. The number of amides is 2. The van der Waals surface area contributed by atoms with E-state index < -0.39 is 36.5 Å². The molecule has 1 saturated carbocycles. The molecule has 2 N–H and O–H groups in total. The normalized spacial score (nSPS) is 15.9. The molecule has 0 radical (unpaired) electrons. The van der Waals surface area contributed by atoms with Crippen molar-refractivity contribution in [2.45, 2.75) is 39.5 Å². The highest BCUT2D eigenvalue weighted by molar-refractivity contribution is 7.53. The van der Waals surface area contributed by atoms with E-state index in [0.29, 0.717) is 48.0 Å². The van der Waals surface area contributed by atoms with Crippen molar-refractivity contribution in [1.29, 1.82) is 0 Å². The maximum atomic E-state index is 15.8. The average molecular weight is 753 g/mol. The van der Waals surface area contributed by atoms with Gasteiger partial charge in [0.25, 0.3) is 0 Å². The largest absolute Gasteiger partial charge is 0.493 e. The number of pyridine rings is 1. The number of fused-ring (bicyclic) bond motifs is 1. The fraction of sp³-hybridized carbons (Fsp3) is 0.395. The maximum Gasteiger partial charge on any atom is 0.344 e. The zero-order chi connectivity index (χ0) is 37.8. The van der Waals surface area contributed by atoms with E-state index >= 15 is 4.39 Å². The highest BCUT2D eigenvalue weighted by Crippen LogP contribution is 2.50. The van der Waals surface area contributed by atoms with E-state index in [2.05, 4.69) is 9.88 Å². The Balaban J connectivity index is 1.19. The van der Waals surface area contributed by atoms with Gasteiger partial charge in [0.2, 0.25) is 11.8 Å². The lowest BCUT2D eigenvalue weighted by atomic mass is 9.98. The third-order valence-electron chi connectivity index (χ3n) is 9.51. The predicted octanol–water partition coefficient (Wildman–Crippen LogP) is 7.56. The SMILES string of the molecule is CCOP(=O)(CN1CCC(COc2cc3c(Oc4ccc(N(C(=O)C5(C(N)=O)CC5)c5ccc(F)cc5)cc4F)ccnc3cc2OC)CC1)OCC. The second-order valence-corrected chi connectivity index (χ2v) is 15.1. The second kappa shape index (κ2) is 16.2. The molecule has 2 heterocycles. The van der Waals surface area contributed by atoms with Crippen LogP contribution >= 0.6 is 7.60 Å². The van der Waals surface area contributed by atoms with Gasteiger partial charge in [0.05, 0.1) is 38.1 Å². The molecular formula is C38H43F2N4O8P. The summed E-state index contributed by atoms with van der Waals surface area (Å²) in [6, 6.07) is 14.1. The summed E-state index contributed by atoms with van der Waals surface area (Å²) in [6.45, 7) is 6.09. The Bertz CT molecular complexity index is 1990. The topological polar surface area (TPSA) is 143 Å². The van der Waals surface area contributed by atoms with Crippen LogP contribution in [0.4, 0.5) is 20.2 Å². The monoisotopic (exact) mass is 752 g/mol. The number of rotatable bonds is 16. The summed E-state index contributed by atoms with van der Waals surface area (Å²) in [6.07, 6.45) is 3.96. The highest BCUT2D eigenvalue weighted by atomic mass is 31.2. The molecule has 0 spiro atoms. The molecular weight excluding hydrogens is 709 g/mol. The Morgan fingerprint density at radius 3 is 2.21 bits per heavy atom.